The number of hydrogen-bond donors (Lipinski definition) is 1. The molecule has 0 bridgehead atoms. The molecule has 98 valence electrons. The third-order valence-corrected chi connectivity index (χ3v) is 4.73. The highest BCUT2D eigenvalue weighted by Gasteiger charge is 2.13. The van der Waals surface area contributed by atoms with E-state index in [2.05, 4.69) is 10.4 Å². The summed E-state index contributed by atoms with van der Waals surface area (Å²) in [5.41, 5.74) is 2.14. The number of aromatic nitrogens is 2. The summed E-state index contributed by atoms with van der Waals surface area (Å²) in [7, 11) is 0.879. The van der Waals surface area contributed by atoms with Crippen LogP contribution in [0.25, 0.3) is 0 Å². The smallest absolute Gasteiger partial charge is 0.148 e. The lowest BCUT2D eigenvalue weighted by Crippen LogP contribution is -2.09. The van der Waals surface area contributed by atoms with E-state index in [-0.39, 0.29) is 5.75 Å². The zero-order chi connectivity index (χ0) is 13.1. The maximum atomic E-state index is 11.1. The van der Waals surface area contributed by atoms with Crippen molar-refractivity contribution >= 4 is 21.6 Å². The number of nitrogens with one attached hydrogen (secondary N) is 1. The molecule has 0 aliphatic carbocycles. The number of aryl methyl sites for hydroxylation is 2. The maximum absolute atomic E-state index is 11.1. The first-order valence-corrected chi connectivity index (χ1v) is 8.37. The largest absolute Gasteiger partial charge is 0.316 e. The average Bonchev–Trinajstić information content (AvgIpc) is 2.43. The van der Waals surface area contributed by atoms with E-state index in [4.69, 9.17) is 0 Å². The molecule has 0 atom stereocenters. The van der Waals surface area contributed by atoms with E-state index in [0.717, 1.165) is 22.8 Å². The van der Waals surface area contributed by atoms with E-state index in [0.29, 0.717) is 5.75 Å². The van der Waals surface area contributed by atoms with Gasteiger partial charge < -0.3 is 5.32 Å². The average molecular weight is 277 g/mol. The first-order chi connectivity index (χ1) is 7.85. The molecule has 1 N–H and O–H groups in total. The molecule has 0 saturated carbocycles. The quantitative estimate of drug-likeness (QED) is 0.771. The molecule has 0 saturated heterocycles. The van der Waals surface area contributed by atoms with Crippen LogP contribution < -0.4 is 5.32 Å². The van der Waals surface area contributed by atoms with Crippen LogP contribution >= 0.6 is 11.8 Å². The van der Waals surface area contributed by atoms with Gasteiger partial charge in [-0.1, -0.05) is 0 Å². The highest BCUT2D eigenvalue weighted by Crippen LogP contribution is 2.24. The van der Waals surface area contributed by atoms with Gasteiger partial charge in [-0.05, 0) is 14.0 Å². The Kier molecular flexibility index (Phi) is 5.03. The van der Waals surface area contributed by atoms with Crippen molar-refractivity contribution in [2.24, 2.45) is 7.05 Å². The molecule has 0 amide bonds. The monoisotopic (exact) mass is 277 g/mol. The van der Waals surface area contributed by atoms with Crippen molar-refractivity contribution in [3.05, 3.63) is 11.3 Å². The lowest BCUT2D eigenvalue weighted by Gasteiger charge is -2.05. The summed E-state index contributed by atoms with van der Waals surface area (Å²) in [5, 5.41) is 8.49. The minimum absolute atomic E-state index is 0.195. The lowest BCUT2D eigenvalue weighted by atomic mass is 10.3. The molecule has 1 heterocycles. The van der Waals surface area contributed by atoms with E-state index in [1.165, 1.54) is 6.26 Å². The van der Waals surface area contributed by atoms with Crippen molar-refractivity contribution in [1.29, 1.82) is 0 Å². The Morgan fingerprint density at radius 1 is 1.47 bits per heavy atom. The molecular formula is C10H19N3O2S2. The van der Waals surface area contributed by atoms with Crippen LogP contribution in [0.2, 0.25) is 0 Å². The lowest BCUT2D eigenvalue weighted by molar-refractivity contribution is 0.603. The van der Waals surface area contributed by atoms with E-state index < -0.39 is 9.84 Å². The van der Waals surface area contributed by atoms with Crippen molar-refractivity contribution in [2.45, 2.75) is 18.5 Å². The minimum Gasteiger partial charge on any atom is -0.316 e. The summed E-state index contributed by atoms with van der Waals surface area (Å²) in [6, 6.07) is 0. The molecule has 1 aromatic heterocycles. The fraction of sp³-hybridized carbons (Fsp3) is 0.700. The second-order valence-corrected chi connectivity index (χ2v) is 7.34. The summed E-state index contributed by atoms with van der Waals surface area (Å²) < 4.78 is 24.0. The molecule has 1 rings (SSSR count). The highest BCUT2D eigenvalue weighted by atomic mass is 32.2. The van der Waals surface area contributed by atoms with Crippen LogP contribution in [0.4, 0.5) is 0 Å². The summed E-state index contributed by atoms with van der Waals surface area (Å²) in [4.78, 5) is 0. The number of rotatable bonds is 6. The first kappa shape index (κ1) is 14.5. The summed E-state index contributed by atoms with van der Waals surface area (Å²) >= 11 is 1.54. The predicted molar refractivity (Wildman–Crippen MR) is 71.1 cm³/mol. The van der Waals surface area contributed by atoms with Gasteiger partial charge in [0.25, 0.3) is 0 Å². The maximum Gasteiger partial charge on any atom is 0.148 e. The summed E-state index contributed by atoms with van der Waals surface area (Å²) in [5.74, 6) is 0.759. The molecule has 0 spiro atoms. The van der Waals surface area contributed by atoms with Gasteiger partial charge in [0.1, 0.15) is 9.84 Å². The van der Waals surface area contributed by atoms with Crippen molar-refractivity contribution in [3.63, 3.8) is 0 Å². The van der Waals surface area contributed by atoms with Gasteiger partial charge in [-0.25, -0.2) is 8.42 Å². The SMILES string of the molecule is CNCc1c(C)nn(C)c1SCCS(C)(=O)=O. The van der Waals surface area contributed by atoms with Gasteiger partial charge in [-0.3, -0.25) is 4.68 Å². The van der Waals surface area contributed by atoms with Crippen LogP contribution in [0.15, 0.2) is 5.03 Å². The Balaban J connectivity index is 2.76. The zero-order valence-corrected chi connectivity index (χ0v) is 12.3. The van der Waals surface area contributed by atoms with Gasteiger partial charge in [0.05, 0.1) is 16.5 Å². The van der Waals surface area contributed by atoms with Crippen molar-refractivity contribution < 1.29 is 8.42 Å². The van der Waals surface area contributed by atoms with Crippen LogP contribution in [-0.2, 0) is 23.4 Å². The normalized spacial score (nSPS) is 12.0. The van der Waals surface area contributed by atoms with Crippen LogP contribution in [-0.4, -0.2) is 43.0 Å². The van der Waals surface area contributed by atoms with E-state index in [1.807, 2.05) is 25.7 Å². The van der Waals surface area contributed by atoms with Gasteiger partial charge in [0, 0.05) is 31.2 Å². The molecule has 0 unspecified atom stereocenters. The van der Waals surface area contributed by atoms with Gasteiger partial charge >= 0.3 is 0 Å². The number of thioether (sulfide) groups is 1. The Morgan fingerprint density at radius 3 is 2.65 bits per heavy atom. The second-order valence-electron chi connectivity index (χ2n) is 4.00. The Labute approximate surface area is 107 Å². The third kappa shape index (κ3) is 4.33. The minimum atomic E-state index is -2.89. The van der Waals surface area contributed by atoms with Crippen LogP contribution in [0.3, 0.4) is 0 Å². The second kappa shape index (κ2) is 5.88. The molecule has 5 nitrogen and oxygen atoms in total. The van der Waals surface area contributed by atoms with E-state index >= 15 is 0 Å². The molecule has 0 aromatic carbocycles. The first-order valence-electron chi connectivity index (χ1n) is 5.32. The van der Waals surface area contributed by atoms with Crippen molar-refractivity contribution in [2.75, 3.05) is 24.8 Å². The molecule has 17 heavy (non-hydrogen) atoms. The van der Waals surface area contributed by atoms with Crippen LogP contribution in [0.1, 0.15) is 11.3 Å². The Bertz CT molecular complexity index is 480. The predicted octanol–water partition coefficient (Wildman–Crippen LogP) is 0.585. The van der Waals surface area contributed by atoms with Crippen LogP contribution in [0, 0.1) is 6.92 Å². The van der Waals surface area contributed by atoms with E-state index in [9.17, 15) is 8.42 Å². The van der Waals surface area contributed by atoms with Crippen molar-refractivity contribution in [3.8, 4) is 0 Å². The molecule has 1 aromatic rings. The number of sulfone groups is 1. The summed E-state index contributed by atoms with van der Waals surface area (Å²) in [6.45, 7) is 2.72. The van der Waals surface area contributed by atoms with Gasteiger partial charge in [-0.15, -0.1) is 11.8 Å². The fourth-order valence-electron chi connectivity index (χ4n) is 1.53. The van der Waals surface area contributed by atoms with E-state index in [1.54, 1.807) is 11.8 Å². The molecule has 0 aliphatic heterocycles. The van der Waals surface area contributed by atoms with Crippen molar-refractivity contribution in [1.82, 2.24) is 15.1 Å². The summed E-state index contributed by atoms with van der Waals surface area (Å²) in [6.07, 6.45) is 1.26. The molecule has 0 aliphatic rings. The highest BCUT2D eigenvalue weighted by molar-refractivity contribution is 8.00. The zero-order valence-electron chi connectivity index (χ0n) is 10.6. The molecule has 0 fully saturated rings. The molecular weight excluding hydrogens is 258 g/mol. The topological polar surface area (TPSA) is 64.0 Å². The fourth-order valence-corrected chi connectivity index (χ4v) is 3.89. The molecule has 7 heteroatoms. The van der Waals surface area contributed by atoms with Crippen LogP contribution in [0.5, 0.6) is 0 Å². The third-order valence-electron chi connectivity index (χ3n) is 2.34. The van der Waals surface area contributed by atoms with Gasteiger partial charge in [0.15, 0.2) is 0 Å². The Hall–Kier alpha value is -0.530. The Morgan fingerprint density at radius 2 is 2.12 bits per heavy atom. The van der Waals surface area contributed by atoms with Gasteiger partial charge in [0.2, 0.25) is 0 Å². The molecule has 0 radical (unpaired) electrons. The van der Waals surface area contributed by atoms with Gasteiger partial charge in [-0.2, -0.15) is 5.10 Å². The number of hydrogen-bond acceptors (Lipinski definition) is 5. The standard InChI is InChI=1S/C10H19N3O2S2/c1-8-9(7-11-2)10(13(3)12-8)16-5-6-17(4,14)15/h11H,5-7H2,1-4H3. The number of nitrogens with zero attached hydrogens (tertiary/aromatic N) is 2.